The molecule has 24 heavy (non-hydrogen) atoms. The zero-order valence-electron chi connectivity index (χ0n) is 14.0. The Bertz CT molecular complexity index is 823. The molecule has 1 aliphatic rings. The smallest absolute Gasteiger partial charge is 0.129 e. The molecule has 3 heterocycles. The maximum absolute atomic E-state index is 4.87. The third-order valence-electron chi connectivity index (χ3n) is 4.76. The molecule has 0 spiro atoms. The number of nitrogens with zero attached hydrogens (tertiary/aromatic N) is 4. The van der Waals surface area contributed by atoms with Gasteiger partial charge in [-0.15, -0.1) is 0 Å². The number of pyridine rings is 2. The van der Waals surface area contributed by atoms with Crippen LogP contribution in [0.25, 0.3) is 10.9 Å². The SMILES string of the molecule is Cc1cc(N2CCN(Cc3ccncc3)CC2)nc2ccccc12. The van der Waals surface area contributed by atoms with E-state index in [0.29, 0.717) is 0 Å². The van der Waals surface area contributed by atoms with Gasteiger partial charge < -0.3 is 4.90 Å². The van der Waals surface area contributed by atoms with Crippen LogP contribution >= 0.6 is 0 Å². The lowest BCUT2D eigenvalue weighted by Crippen LogP contribution is -2.46. The maximum atomic E-state index is 4.87. The molecule has 1 aromatic carbocycles. The summed E-state index contributed by atoms with van der Waals surface area (Å²) < 4.78 is 0. The van der Waals surface area contributed by atoms with Gasteiger partial charge in [-0.25, -0.2) is 4.98 Å². The highest BCUT2D eigenvalue weighted by Crippen LogP contribution is 2.23. The van der Waals surface area contributed by atoms with Crippen LogP contribution < -0.4 is 4.90 Å². The number of rotatable bonds is 3. The van der Waals surface area contributed by atoms with Crippen LogP contribution in [0.1, 0.15) is 11.1 Å². The molecule has 0 unspecified atom stereocenters. The van der Waals surface area contributed by atoms with E-state index in [1.165, 1.54) is 16.5 Å². The van der Waals surface area contributed by atoms with Gasteiger partial charge in [-0.05, 0) is 42.3 Å². The van der Waals surface area contributed by atoms with Gasteiger partial charge in [0.1, 0.15) is 5.82 Å². The van der Waals surface area contributed by atoms with Crippen molar-refractivity contribution in [1.82, 2.24) is 14.9 Å². The van der Waals surface area contributed by atoms with Gasteiger partial charge >= 0.3 is 0 Å². The number of fused-ring (bicyclic) bond motifs is 1. The lowest BCUT2D eigenvalue weighted by molar-refractivity contribution is 0.249. The number of benzene rings is 1. The molecule has 4 rings (SSSR count). The Hall–Kier alpha value is -2.46. The van der Waals surface area contributed by atoms with Gasteiger partial charge in [-0.2, -0.15) is 0 Å². The van der Waals surface area contributed by atoms with Crippen molar-refractivity contribution in [2.75, 3.05) is 31.1 Å². The fourth-order valence-corrected chi connectivity index (χ4v) is 3.38. The zero-order chi connectivity index (χ0) is 16.4. The largest absolute Gasteiger partial charge is 0.354 e. The molecule has 0 saturated carbocycles. The second kappa shape index (κ2) is 6.57. The monoisotopic (exact) mass is 318 g/mol. The van der Waals surface area contributed by atoms with Gasteiger partial charge in [0.25, 0.3) is 0 Å². The number of hydrogen-bond acceptors (Lipinski definition) is 4. The molecular formula is C20H22N4. The van der Waals surface area contributed by atoms with Crippen molar-refractivity contribution in [3.63, 3.8) is 0 Å². The van der Waals surface area contributed by atoms with E-state index < -0.39 is 0 Å². The van der Waals surface area contributed by atoms with E-state index >= 15 is 0 Å². The molecule has 1 saturated heterocycles. The zero-order valence-corrected chi connectivity index (χ0v) is 14.0. The quantitative estimate of drug-likeness (QED) is 0.742. The predicted molar refractivity (Wildman–Crippen MR) is 98.2 cm³/mol. The molecule has 1 aliphatic heterocycles. The van der Waals surface area contributed by atoms with Crippen molar-refractivity contribution in [2.24, 2.45) is 0 Å². The normalized spacial score (nSPS) is 15.8. The van der Waals surface area contributed by atoms with Crippen molar-refractivity contribution in [2.45, 2.75) is 13.5 Å². The van der Waals surface area contributed by atoms with Crippen LogP contribution in [-0.2, 0) is 6.54 Å². The average Bonchev–Trinajstić information content (AvgIpc) is 2.63. The second-order valence-electron chi connectivity index (χ2n) is 6.43. The Labute approximate surface area is 142 Å². The standard InChI is InChI=1S/C20H22N4/c1-16-14-20(22-19-5-3-2-4-18(16)19)24-12-10-23(11-13-24)15-17-6-8-21-9-7-17/h2-9,14H,10-13,15H2,1H3. The summed E-state index contributed by atoms with van der Waals surface area (Å²) in [6.45, 7) is 7.35. The third kappa shape index (κ3) is 3.10. The van der Waals surface area contributed by atoms with Crippen molar-refractivity contribution in [3.8, 4) is 0 Å². The van der Waals surface area contributed by atoms with Crippen LogP contribution in [0.15, 0.2) is 54.9 Å². The first kappa shape index (κ1) is 15.1. The molecule has 0 aliphatic carbocycles. The summed E-state index contributed by atoms with van der Waals surface area (Å²) in [6.07, 6.45) is 3.74. The summed E-state index contributed by atoms with van der Waals surface area (Å²) >= 11 is 0. The van der Waals surface area contributed by atoms with Gasteiger partial charge in [0.2, 0.25) is 0 Å². The molecule has 122 valence electrons. The maximum Gasteiger partial charge on any atom is 0.129 e. The van der Waals surface area contributed by atoms with Gasteiger partial charge in [0.05, 0.1) is 5.52 Å². The molecule has 0 N–H and O–H groups in total. The molecule has 0 radical (unpaired) electrons. The third-order valence-corrected chi connectivity index (χ3v) is 4.76. The summed E-state index contributed by atoms with van der Waals surface area (Å²) in [5.74, 6) is 1.11. The predicted octanol–water partition coefficient (Wildman–Crippen LogP) is 3.26. The molecule has 1 fully saturated rings. The van der Waals surface area contributed by atoms with E-state index in [2.05, 4.69) is 64.2 Å². The Morgan fingerprint density at radius 1 is 0.958 bits per heavy atom. The highest BCUT2D eigenvalue weighted by molar-refractivity contribution is 5.83. The molecule has 3 aromatic rings. The molecule has 4 nitrogen and oxygen atoms in total. The fraction of sp³-hybridized carbons (Fsp3) is 0.300. The Morgan fingerprint density at radius 2 is 1.71 bits per heavy atom. The molecule has 0 amide bonds. The summed E-state index contributed by atoms with van der Waals surface area (Å²) in [7, 11) is 0. The van der Waals surface area contributed by atoms with E-state index in [1.807, 2.05) is 12.4 Å². The van der Waals surface area contributed by atoms with E-state index in [1.54, 1.807) is 0 Å². The van der Waals surface area contributed by atoms with Gasteiger partial charge in [0.15, 0.2) is 0 Å². The minimum Gasteiger partial charge on any atom is -0.354 e. The molecule has 4 heteroatoms. The highest BCUT2D eigenvalue weighted by Gasteiger charge is 2.18. The van der Waals surface area contributed by atoms with Crippen molar-refractivity contribution >= 4 is 16.7 Å². The van der Waals surface area contributed by atoms with Crippen LogP contribution in [-0.4, -0.2) is 41.0 Å². The highest BCUT2D eigenvalue weighted by atomic mass is 15.3. The van der Waals surface area contributed by atoms with Crippen molar-refractivity contribution in [3.05, 3.63) is 66.0 Å². The van der Waals surface area contributed by atoms with Crippen LogP contribution in [0.3, 0.4) is 0 Å². The van der Waals surface area contributed by atoms with Gasteiger partial charge in [-0.1, -0.05) is 18.2 Å². The number of anilines is 1. The van der Waals surface area contributed by atoms with Gasteiger partial charge in [-0.3, -0.25) is 9.88 Å². The summed E-state index contributed by atoms with van der Waals surface area (Å²) in [6, 6.07) is 14.8. The topological polar surface area (TPSA) is 32.3 Å². The summed E-state index contributed by atoms with van der Waals surface area (Å²) in [5.41, 5.74) is 3.72. The molecular weight excluding hydrogens is 296 g/mol. The van der Waals surface area contributed by atoms with Crippen molar-refractivity contribution < 1.29 is 0 Å². The van der Waals surface area contributed by atoms with Crippen LogP contribution in [0.4, 0.5) is 5.82 Å². The van der Waals surface area contributed by atoms with Crippen LogP contribution in [0.5, 0.6) is 0 Å². The molecule has 0 atom stereocenters. The number of piperazine rings is 1. The molecule has 2 aromatic heterocycles. The van der Waals surface area contributed by atoms with Crippen LogP contribution in [0, 0.1) is 6.92 Å². The lowest BCUT2D eigenvalue weighted by atomic mass is 10.1. The number of para-hydroxylation sites is 1. The Morgan fingerprint density at radius 3 is 2.50 bits per heavy atom. The Kier molecular flexibility index (Phi) is 4.13. The van der Waals surface area contributed by atoms with Gasteiger partial charge in [0, 0.05) is 50.5 Å². The fourth-order valence-electron chi connectivity index (χ4n) is 3.38. The Balaban J connectivity index is 1.46. The average molecular weight is 318 g/mol. The number of aromatic nitrogens is 2. The minimum atomic E-state index is 1.00. The first-order chi connectivity index (χ1) is 11.8. The summed E-state index contributed by atoms with van der Waals surface area (Å²) in [4.78, 5) is 13.9. The first-order valence-electron chi connectivity index (χ1n) is 8.52. The van der Waals surface area contributed by atoms with E-state index in [-0.39, 0.29) is 0 Å². The van der Waals surface area contributed by atoms with Crippen molar-refractivity contribution in [1.29, 1.82) is 0 Å². The van der Waals surface area contributed by atoms with E-state index in [0.717, 1.165) is 44.1 Å². The van der Waals surface area contributed by atoms with Crippen LogP contribution in [0.2, 0.25) is 0 Å². The summed E-state index contributed by atoms with van der Waals surface area (Å²) in [5, 5.41) is 1.25. The second-order valence-corrected chi connectivity index (χ2v) is 6.43. The number of hydrogen-bond donors (Lipinski definition) is 0. The number of aryl methyl sites for hydroxylation is 1. The first-order valence-corrected chi connectivity index (χ1v) is 8.52. The minimum absolute atomic E-state index is 1.00. The lowest BCUT2D eigenvalue weighted by Gasteiger charge is -2.35. The molecule has 0 bridgehead atoms. The van der Waals surface area contributed by atoms with E-state index in [4.69, 9.17) is 4.98 Å². The van der Waals surface area contributed by atoms with E-state index in [9.17, 15) is 0 Å².